The van der Waals surface area contributed by atoms with E-state index in [1.165, 1.54) is 0 Å². The van der Waals surface area contributed by atoms with Crippen molar-refractivity contribution in [3.63, 3.8) is 0 Å². The minimum atomic E-state index is -0.783. The SMILES string of the molecule is O=C(O)Cc1ccc(Cl)cc1C1CC1. The maximum atomic E-state index is 10.6. The molecule has 2 nitrogen and oxygen atoms in total. The molecule has 1 aromatic carbocycles. The highest BCUT2D eigenvalue weighted by Gasteiger charge is 2.26. The Morgan fingerprint density at radius 2 is 2.21 bits per heavy atom. The van der Waals surface area contributed by atoms with Crippen LogP contribution in [0.25, 0.3) is 0 Å². The summed E-state index contributed by atoms with van der Waals surface area (Å²) in [5, 5.41) is 9.43. The number of aliphatic carboxylic acids is 1. The second kappa shape index (κ2) is 3.62. The molecule has 0 bridgehead atoms. The summed E-state index contributed by atoms with van der Waals surface area (Å²) in [7, 11) is 0. The van der Waals surface area contributed by atoms with Crippen LogP contribution >= 0.6 is 11.6 Å². The Morgan fingerprint density at radius 3 is 2.79 bits per heavy atom. The van der Waals surface area contributed by atoms with Gasteiger partial charge in [-0.05, 0) is 42.0 Å². The van der Waals surface area contributed by atoms with Crippen LogP contribution in [0.15, 0.2) is 18.2 Å². The van der Waals surface area contributed by atoms with Crippen LogP contribution in [0.5, 0.6) is 0 Å². The van der Waals surface area contributed by atoms with E-state index in [2.05, 4.69) is 0 Å². The van der Waals surface area contributed by atoms with Gasteiger partial charge in [-0.1, -0.05) is 17.7 Å². The summed E-state index contributed by atoms with van der Waals surface area (Å²) < 4.78 is 0. The molecule has 2 rings (SSSR count). The average molecular weight is 211 g/mol. The van der Waals surface area contributed by atoms with Crippen LogP contribution in [0.4, 0.5) is 0 Å². The average Bonchev–Trinajstić information content (AvgIpc) is 2.90. The quantitative estimate of drug-likeness (QED) is 0.833. The smallest absolute Gasteiger partial charge is 0.307 e. The normalized spacial score (nSPS) is 15.5. The van der Waals surface area contributed by atoms with E-state index in [9.17, 15) is 4.79 Å². The summed E-state index contributed by atoms with van der Waals surface area (Å²) in [4.78, 5) is 10.6. The molecule has 3 heteroatoms. The van der Waals surface area contributed by atoms with Crippen molar-refractivity contribution in [1.29, 1.82) is 0 Å². The van der Waals surface area contributed by atoms with Crippen molar-refractivity contribution in [1.82, 2.24) is 0 Å². The maximum Gasteiger partial charge on any atom is 0.307 e. The first-order valence-electron chi connectivity index (χ1n) is 4.67. The van der Waals surface area contributed by atoms with Crippen molar-refractivity contribution in [2.75, 3.05) is 0 Å². The fraction of sp³-hybridized carbons (Fsp3) is 0.364. The molecule has 0 spiro atoms. The van der Waals surface area contributed by atoms with Gasteiger partial charge in [0.05, 0.1) is 6.42 Å². The van der Waals surface area contributed by atoms with Crippen molar-refractivity contribution in [2.24, 2.45) is 0 Å². The predicted molar refractivity (Wildman–Crippen MR) is 54.8 cm³/mol. The first kappa shape index (κ1) is 9.53. The van der Waals surface area contributed by atoms with Gasteiger partial charge in [-0.2, -0.15) is 0 Å². The van der Waals surface area contributed by atoms with Crippen molar-refractivity contribution >= 4 is 17.6 Å². The zero-order valence-electron chi connectivity index (χ0n) is 7.66. The first-order valence-corrected chi connectivity index (χ1v) is 5.04. The molecule has 0 unspecified atom stereocenters. The van der Waals surface area contributed by atoms with E-state index in [0.29, 0.717) is 10.9 Å². The molecule has 14 heavy (non-hydrogen) atoms. The molecule has 0 aromatic heterocycles. The molecule has 0 amide bonds. The summed E-state index contributed by atoms with van der Waals surface area (Å²) in [6, 6.07) is 5.48. The Bertz CT molecular complexity index is 370. The van der Waals surface area contributed by atoms with Gasteiger partial charge in [-0.15, -0.1) is 0 Å². The third-order valence-electron chi connectivity index (χ3n) is 2.47. The van der Waals surface area contributed by atoms with Crippen LogP contribution in [0.3, 0.4) is 0 Å². The summed E-state index contributed by atoms with van der Waals surface area (Å²) in [6.45, 7) is 0. The van der Waals surface area contributed by atoms with E-state index in [0.717, 1.165) is 24.0 Å². The molecule has 0 saturated heterocycles. The number of hydrogen-bond acceptors (Lipinski definition) is 1. The highest BCUT2D eigenvalue weighted by atomic mass is 35.5. The Kier molecular flexibility index (Phi) is 2.46. The van der Waals surface area contributed by atoms with Crippen LogP contribution in [0.2, 0.25) is 5.02 Å². The second-order valence-electron chi connectivity index (χ2n) is 3.69. The standard InChI is InChI=1S/C11H11ClO2/c12-9-4-3-8(5-11(13)14)10(6-9)7-1-2-7/h3-4,6-7H,1-2,5H2,(H,13,14). The van der Waals surface area contributed by atoms with Gasteiger partial charge in [0.15, 0.2) is 0 Å². The van der Waals surface area contributed by atoms with E-state index in [1.54, 1.807) is 6.07 Å². The van der Waals surface area contributed by atoms with Crippen LogP contribution < -0.4 is 0 Å². The monoisotopic (exact) mass is 210 g/mol. The fourth-order valence-electron chi connectivity index (χ4n) is 1.66. The number of carboxylic acid groups (broad SMARTS) is 1. The molecular weight excluding hydrogens is 200 g/mol. The van der Waals surface area contributed by atoms with E-state index in [4.69, 9.17) is 16.7 Å². The summed E-state index contributed by atoms with van der Waals surface area (Å²) >= 11 is 5.88. The van der Waals surface area contributed by atoms with Crippen LogP contribution in [0.1, 0.15) is 29.9 Å². The van der Waals surface area contributed by atoms with E-state index >= 15 is 0 Å². The van der Waals surface area contributed by atoms with Gasteiger partial charge >= 0.3 is 5.97 Å². The molecule has 0 atom stereocenters. The van der Waals surface area contributed by atoms with Gasteiger partial charge in [-0.25, -0.2) is 0 Å². The minimum absolute atomic E-state index is 0.100. The largest absolute Gasteiger partial charge is 0.481 e. The van der Waals surface area contributed by atoms with Crippen LogP contribution in [0, 0.1) is 0 Å². The lowest BCUT2D eigenvalue weighted by Crippen LogP contribution is -2.02. The fourth-order valence-corrected chi connectivity index (χ4v) is 1.84. The van der Waals surface area contributed by atoms with Gasteiger partial charge in [0.25, 0.3) is 0 Å². The molecule has 0 aliphatic heterocycles. The lowest BCUT2D eigenvalue weighted by atomic mass is 10.0. The van der Waals surface area contributed by atoms with Crippen LogP contribution in [-0.4, -0.2) is 11.1 Å². The molecule has 1 fully saturated rings. The number of halogens is 1. The number of carbonyl (C=O) groups is 1. The van der Waals surface area contributed by atoms with Crippen molar-refractivity contribution < 1.29 is 9.90 Å². The van der Waals surface area contributed by atoms with Crippen molar-refractivity contribution in [3.05, 3.63) is 34.3 Å². The molecule has 74 valence electrons. The van der Waals surface area contributed by atoms with E-state index < -0.39 is 5.97 Å². The first-order chi connectivity index (χ1) is 6.66. The lowest BCUT2D eigenvalue weighted by molar-refractivity contribution is -0.136. The summed E-state index contributed by atoms with van der Waals surface area (Å²) in [5.74, 6) is -0.239. The van der Waals surface area contributed by atoms with E-state index in [-0.39, 0.29) is 6.42 Å². The predicted octanol–water partition coefficient (Wildman–Crippen LogP) is 2.84. The molecule has 1 N–H and O–H groups in total. The summed E-state index contributed by atoms with van der Waals surface area (Å²) in [6.07, 6.45) is 2.42. The Labute approximate surface area is 87.5 Å². The number of rotatable bonds is 3. The minimum Gasteiger partial charge on any atom is -0.481 e. The highest BCUT2D eigenvalue weighted by molar-refractivity contribution is 6.30. The van der Waals surface area contributed by atoms with Crippen molar-refractivity contribution in [3.8, 4) is 0 Å². The van der Waals surface area contributed by atoms with E-state index in [1.807, 2.05) is 12.1 Å². The number of benzene rings is 1. The number of carboxylic acids is 1. The molecule has 1 aliphatic rings. The van der Waals surface area contributed by atoms with Gasteiger partial charge in [0.1, 0.15) is 0 Å². The molecular formula is C11H11ClO2. The second-order valence-corrected chi connectivity index (χ2v) is 4.12. The Hall–Kier alpha value is -1.02. The van der Waals surface area contributed by atoms with Crippen molar-refractivity contribution in [2.45, 2.75) is 25.2 Å². The van der Waals surface area contributed by atoms with Gasteiger partial charge < -0.3 is 5.11 Å². The zero-order valence-corrected chi connectivity index (χ0v) is 8.42. The zero-order chi connectivity index (χ0) is 10.1. The highest BCUT2D eigenvalue weighted by Crippen LogP contribution is 2.42. The topological polar surface area (TPSA) is 37.3 Å². The Balaban J connectivity index is 2.32. The molecule has 0 radical (unpaired) electrons. The Morgan fingerprint density at radius 1 is 1.50 bits per heavy atom. The maximum absolute atomic E-state index is 10.6. The molecule has 1 saturated carbocycles. The third kappa shape index (κ3) is 2.07. The van der Waals surface area contributed by atoms with Gasteiger partial charge in [0, 0.05) is 5.02 Å². The molecule has 1 aromatic rings. The van der Waals surface area contributed by atoms with Crippen LogP contribution in [-0.2, 0) is 11.2 Å². The third-order valence-corrected chi connectivity index (χ3v) is 2.70. The van der Waals surface area contributed by atoms with Gasteiger partial charge in [-0.3, -0.25) is 4.79 Å². The molecule has 1 aliphatic carbocycles. The summed E-state index contributed by atoms with van der Waals surface area (Å²) in [5.41, 5.74) is 2.03. The lowest BCUT2D eigenvalue weighted by Gasteiger charge is -2.06. The van der Waals surface area contributed by atoms with Gasteiger partial charge in [0.2, 0.25) is 0 Å². The molecule has 0 heterocycles. The number of hydrogen-bond donors (Lipinski definition) is 1.